The van der Waals surface area contributed by atoms with Crippen molar-refractivity contribution in [2.75, 3.05) is 6.26 Å². The Bertz CT molecular complexity index is 1840. The number of nitrogens with zero attached hydrogens (tertiary/aromatic N) is 4. The summed E-state index contributed by atoms with van der Waals surface area (Å²) in [6, 6.07) is 6.81. The molecule has 5 rings (SSSR count). The summed E-state index contributed by atoms with van der Waals surface area (Å²) in [6.07, 6.45) is 11.0. The maximum absolute atomic E-state index is 14.6. The first-order valence-electron chi connectivity index (χ1n) is 11.5. The summed E-state index contributed by atoms with van der Waals surface area (Å²) in [4.78, 5) is 12.5. The van der Waals surface area contributed by atoms with Gasteiger partial charge in [-0.3, -0.25) is 14.9 Å². The van der Waals surface area contributed by atoms with Gasteiger partial charge in [-0.25, -0.2) is 14.4 Å². The fraction of sp³-hybridized carbons (Fsp3) is 0.111. The number of hydrogen-bond donors (Lipinski definition) is 4. The van der Waals surface area contributed by atoms with Gasteiger partial charge in [0.1, 0.15) is 11.5 Å². The van der Waals surface area contributed by atoms with E-state index in [1.807, 2.05) is 37.5 Å². The minimum Gasteiger partial charge on any atom is -0.335 e. The number of aromatic nitrogens is 7. The second-order valence-electron chi connectivity index (χ2n) is 8.93. The van der Waals surface area contributed by atoms with Gasteiger partial charge in [-0.1, -0.05) is 24.4 Å². The van der Waals surface area contributed by atoms with Gasteiger partial charge in [0.15, 0.2) is 11.5 Å². The standard InChI is InChI=1S/C27H27FN8S/c1-6-23-22(9-16(2)19-14-30-31-15-19)25(36-35-23)27-33-24-21(7-8-29-26(24)34-27)18-10-17(11-20(28)12-18)13-32-37(3,4)5/h6-12,14-15,32,35H,2-4,13H2,1,5H3,(H,30,31)(H,29,33,34)/b22-9+,23-6+. The first kappa shape index (κ1) is 24.4. The quantitative estimate of drug-likeness (QED) is 0.249. The zero-order valence-corrected chi connectivity index (χ0v) is 21.4. The number of imidazole rings is 1. The van der Waals surface area contributed by atoms with Crippen LogP contribution in [0.4, 0.5) is 4.39 Å². The van der Waals surface area contributed by atoms with Crippen molar-refractivity contribution in [3.05, 3.63) is 76.9 Å². The maximum atomic E-state index is 14.6. The second-order valence-corrected chi connectivity index (χ2v) is 11.8. The van der Waals surface area contributed by atoms with Gasteiger partial charge < -0.3 is 4.98 Å². The summed E-state index contributed by atoms with van der Waals surface area (Å²) in [6.45, 7) is 6.56. The average Bonchev–Trinajstić information content (AvgIpc) is 3.61. The van der Waals surface area contributed by atoms with Crippen LogP contribution in [0.1, 0.15) is 18.1 Å². The maximum Gasteiger partial charge on any atom is 0.178 e. The molecule has 0 aliphatic heterocycles. The van der Waals surface area contributed by atoms with E-state index >= 15 is 0 Å². The summed E-state index contributed by atoms with van der Waals surface area (Å²) < 4.78 is 17.9. The number of hydrogen-bond acceptors (Lipinski definition) is 5. The van der Waals surface area contributed by atoms with E-state index in [0.717, 1.165) is 32.8 Å². The Labute approximate surface area is 213 Å². The van der Waals surface area contributed by atoms with Gasteiger partial charge in [-0.2, -0.15) is 19.6 Å². The molecule has 10 heteroatoms. The molecule has 0 amide bonds. The van der Waals surface area contributed by atoms with E-state index in [9.17, 15) is 4.39 Å². The van der Waals surface area contributed by atoms with E-state index in [1.165, 1.54) is 12.1 Å². The lowest BCUT2D eigenvalue weighted by Gasteiger charge is -2.12. The van der Waals surface area contributed by atoms with Crippen molar-refractivity contribution in [2.45, 2.75) is 13.5 Å². The van der Waals surface area contributed by atoms with Crippen LogP contribution in [0.25, 0.3) is 51.5 Å². The smallest absolute Gasteiger partial charge is 0.178 e. The van der Waals surface area contributed by atoms with Crippen LogP contribution in [0.5, 0.6) is 0 Å². The molecule has 0 saturated carbocycles. The molecule has 5 aromatic rings. The van der Waals surface area contributed by atoms with E-state index in [-0.39, 0.29) is 5.82 Å². The van der Waals surface area contributed by atoms with Gasteiger partial charge in [0.25, 0.3) is 0 Å². The number of aromatic amines is 3. The molecule has 0 atom stereocenters. The zero-order chi connectivity index (χ0) is 26.2. The summed E-state index contributed by atoms with van der Waals surface area (Å²) in [5, 5.41) is 16.0. The highest BCUT2D eigenvalue weighted by atomic mass is 32.2. The molecule has 8 nitrogen and oxygen atoms in total. The molecule has 4 N–H and O–H groups in total. The summed E-state index contributed by atoms with van der Waals surface area (Å²) in [7, 11) is -1.43. The largest absolute Gasteiger partial charge is 0.335 e. The van der Waals surface area contributed by atoms with Crippen molar-refractivity contribution in [3.63, 3.8) is 0 Å². The summed E-state index contributed by atoms with van der Waals surface area (Å²) in [5.41, 5.74) is 5.78. The molecule has 0 aliphatic carbocycles. The molecule has 37 heavy (non-hydrogen) atoms. The Hall–Kier alpha value is -4.28. The molecule has 0 bridgehead atoms. The fourth-order valence-corrected chi connectivity index (χ4v) is 4.54. The van der Waals surface area contributed by atoms with Gasteiger partial charge >= 0.3 is 0 Å². The highest BCUT2D eigenvalue weighted by Crippen LogP contribution is 2.29. The van der Waals surface area contributed by atoms with Crippen LogP contribution in [0.3, 0.4) is 0 Å². The SMILES string of the molecule is C=C(/C=c1/c(-c2nc3nccc(-c4cc(F)cc(CNS(=C)(=C)C)c4)c3[nH]2)n[nH]/c1=C/C)c1cn[nH]c1. The predicted octanol–water partition coefficient (Wildman–Crippen LogP) is 3.47. The molecule has 4 heterocycles. The van der Waals surface area contributed by atoms with Crippen molar-refractivity contribution in [1.29, 1.82) is 0 Å². The second kappa shape index (κ2) is 9.64. The molecular formula is C27H27FN8S. The van der Waals surface area contributed by atoms with E-state index in [1.54, 1.807) is 18.6 Å². The number of allylic oxidation sites excluding steroid dienone is 1. The predicted molar refractivity (Wildman–Crippen MR) is 153 cm³/mol. The molecule has 1 aromatic carbocycles. The van der Waals surface area contributed by atoms with Crippen LogP contribution < -0.4 is 15.3 Å². The molecule has 188 valence electrons. The number of H-pyrrole nitrogens is 3. The molecule has 0 saturated heterocycles. The number of halogens is 1. The Morgan fingerprint density at radius 1 is 1.24 bits per heavy atom. The number of benzene rings is 1. The topological polar surface area (TPSA) is 111 Å². The molecule has 0 unspecified atom stereocenters. The van der Waals surface area contributed by atoms with Crippen LogP contribution in [-0.2, 0) is 6.54 Å². The molecular weight excluding hydrogens is 487 g/mol. The van der Waals surface area contributed by atoms with Crippen molar-refractivity contribution in [3.8, 4) is 22.6 Å². The van der Waals surface area contributed by atoms with Crippen LogP contribution >= 0.6 is 9.39 Å². The van der Waals surface area contributed by atoms with E-state index in [2.05, 4.69) is 53.4 Å². The number of pyridine rings is 1. The van der Waals surface area contributed by atoms with Crippen LogP contribution in [0, 0.1) is 5.82 Å². The Balaban J connectivity index is 1.61. The van der Waals surface area contributed by atoms with Crippen LogP contribution in [0.15, 0.2) is 49.4 Å². The Kier molecular flexibility index (Phi) is 6.36. The third kappa shape index (κ3) is 5.16. The van der Waals surface area contributed by atoms with Crippen LogP contribution in [0.2, 0.25) is 0 Å². The lowest BCUT2D eigenvalue weighted by atomic mass is 10.0. The van der Waals surface area contributed by atoms with Crippen molar-refractivity contribution in [1.82, 2.24) is 40.1 Å². The van der Waals surface area contributed by atoms with Crippen molar-refractivity contribution in [2.24, 2.45) is 0 Å². The highest BCUT2D eigenvalue weighted by Gasteiger charge is 2.16. The molecule has 0 fully saturated rings. The zero-order valence-electron chi connectivity index (χ0n) is 20.6. The Morgan fingerprint density at radius 3 is 2.81 bits per heavy atom. The van der Waals surface area contributed by atoms with Gasteiger partial charge in [-0.15, -0.1) is 0 Å². The fourth-order valence-electron chi connectivity index (χ4n) is 4.02. The van der Waals surface area contributed by atoms with E-state index in [4.69, 9.17) is 4.98 Å². The minimum absolute atomic E-state index is 0.325. The van der Waals surface area contributed by atoms with Crippen molar-refractivity contribution < 1.29 is 4.39 Å². The molecule has 4 aromatic heterocycles. The molecule has 0 radical (unpaired) electrons. The number of rotatable bonds is 7. The third-order valence-corrected chi connectivity index (χ3v) is 6.66. The first-order valence-corrected chi connectivity index (χ1v) is 13.8. The van der Waals surface area contributed by atoms with Gasteiger partial charge in [0, 0.05) is 35.3 Å². The van der Waals surface area contributed by atoms with Gasteiger partial charge in [0.05, 0.1) is 17.1 Å². The lowest BCUT2D eigenvalue weighted by Crippen LogP contribution is -2.23. The number of nitrogens with one attached hydrogen (secondary N) is 4. The highest BCUT2D eigenvalue weighted by molar-refractivity contribution is 8.25. The van der Waals surface area contributed by atoms with Crippen molar-refractivity contribution >= 4 is 50.0 Å². The molecule has 0 aliphatic rings. The average molecular weight is 515 g/mol. The monoisotopic (exact) mass is 514 g/mol. The van der Waals surface area contributed by atoms with E-state index in [0.29, 0.717) is 34.8 Å². The Morgan fingerprint density at radius 2 is 2.08 bits per heavy atom. The summed E-state index contributed by atoms with van der Waals surface area (Å²) in [5.74, 6) is 8.28. The normalized spacial score (nSPS) is 13.1. The van der Waals surface area contributed by atoms with Gasteiger partial charge in [-0.05, 0) is 60.2 Å². The number of fused-ring (bicyclic) bond motifs is 1. The summed E-state index contributed by atoms with van der Waals surface area (Å²) >= 11 is 0. The minimum atomic E-state index is -1.43. The van der Waals surface area contributed by atoms with Gasteiger partial charge in [0.2, 0.25) is 0 Å². The molecule has 0 spiro atoms. The van der Waals surface area contributed by atoms with Crippen LogP contribution in [-0.4, -0.2) is 53.3 Å². The lowest BCUT2D eigenvalue weighted by molar-refractivity contribution is 0.625. The third-order valence-electron chi connectivity index (χ3n) is 5.82. The van der Waals surface area contributed by atoms with E-state index < -0.39 is 9.39 Å². The first-order chi connectivity index (χ1) is 17.7.